The van der Waals surface area contributed by atoms with E-state index >= 15 is 0 Å². The number of hydrogen-bond donors (Lipinski definition) is 0. The van der Waals surface area contributed by atoms with Gasteiger partial charge in [0, 0.05) is 25.9 Å². The Labute approximate surface area is 203 Å². The largest absolute Gasteiger partial charge is 0.494 e. The van der Waals surface area contributed by atoms with Crippen LogP contribution in [0.3, 0.4) is 0 Å². The lowest BCUT2D eigenvalue weighted by Crippen LogP contribution is -2.28. The van der Waals surface area contributed by atoms with Crippen LogP contribution in [0.1, 0.15) is 23.1 Å². The van der Waals surface area contributed by atoms with Gasteiger partial charge in [-0.25, -0.2) is 12.8 Å². The fourth-order valence-electron chi connectivity index (χ4n) is 3.59. The lowest BCUT2D eigenvalue weighted by atomic mass is 10.1. The molecule has 3 aromatic carbocycles. The number of rotatable bonds is 11. The molecule has 3 rings (SSSR count). The van der Waals surface area contributed by atoms with Crippen LogP contribution in [0.5, 0.6) is 5.75 Å². The van der Waals surface area contributed by atoms with Crippen molar-refractivity contribution in [3.8, 4) is 5.75 Å². The normalized spacial score (nSPS) is 12.2. The summed E-state index contributed by atoms with van der Waals surface area (Å²) in [5.74, 6) is 0.107. The molecular formula is C26H27F4NO3S. The molecule has 0 saturated heterocycles. The lowest BCUT2D eigenvalue weighted by Gasteiger charge is -2.23. The highest BCUT2D eigenvalue weighted by atomic mass is 32.2. The fraction of sp³-hybridized carbons (Fsp3) is 0.308. The van der Waals surface area contributed by atoms with Crippen LogP contribution in [0.25, 0.3) is 0 Å². The third kappa shape index (κ3) is 8.67. The van der Waals surface area contributed by atoms with E-state index in [0.29, 0.717) is 50.4 Å². The number of alkyl halides is 3. The molecule has 0 amide bonds. The smallest absolute Gasteiger partial charge is 0.416 e. The molecular weight excluding hydrogens is 482 g/mol. The van der Waals surface area contributed by atoms with Crippen molar-refractivity contribution in [2.24, 2.45) is 0 Å². The second kappa shape index (κ2) is 11.7. The van der Waals surface area contributed by atoms with Gasteiger partial charge in [0.1, 0.15) is 11.6 Å². The Bertz CT molecular complexity index is 1210. The molecule has 0 radical (unpaired) electrons. The lowest BCUT2D eigenvalue weighted by molar-refractivity contribution is -0.137. The molecule has 0 spiro atoms. The van der Waals surface area contributed by atoms with E-state index in [4.69, 9.17) is 4.74 Å². The number of halogens is 4. The predicted octanol–water partition coefficient (Wildman–Crippen LogP) is 5.76. The molecule has 4 nitrogen and oxygen atoms in total. The Balaban J connectivity index is 1.63. The molecule has 0 aliphatic heterocycles. The third-order valence-electron chi connectivity index (χ3n) is 5.41. The van der Waals surface area contributed by atoms with Crippen molar-refractivity contribution in [2.45, 2.75) is 30.5 Å². The topological polar surface area (TPSA) is 46.6 Å². The molecule has 0 fully saturated rings. The van der Waals surface area contributed by atoms with Gasteiger partial charge < -0.3 is 4.74 Å². The molecule has 3 aromatic rings. The Morgan fingerprint density at radius 1 is 0.886 bits per heavy atom. The van der Waals surface area contributed by atoms with Gasteiger partial charge >= 0.3 is 6.18 Å². The maximum Gasteiger partial charge on any atom is 0.416 e. The number of nitrogens with zero attached hydrogens (tertiary/aromatic N) is 1. The molecule has 0 aliphatic carbocycles. The van der Waals surface area contributed by atoms with E-state index < -0.39 is 21.6 Å². The van der Waals surface area contributed by atoms with Gasteiger partial charge in [-0.2, -0.15) is 13.2 Å². The average Bonchev–Trinajstić information content (AvgIpc) is 2.80. The van der Waals surface area contributed by atoms with E-state index in [2.05, 4.69) is 0 Å². The first-order valence-electron chi connectivity index (χ1n) is 11.1. The number of sulfone groups is 1. The Hall–Kier alpha value is -2.91. The van der Waals surface area contributed by atoms with Gasteiger partial charge in [0.05, 0.1) is 17.1 Å². The first-order chi connectivity index (χ1) is 16.5. The average molecular weight is 510 g/mol. The van der Waals surface area contributed by atoms with E-state index in [1.165, 1.54) is 30.3 Å². The number of benzene rings is 3. The Morgan fingerprint density at radius 2 is 1.60 bits per heavy atom. The number of hydrogen-bond acceptors (Lipinski definition) is 4. The molecule has 0 saturated carbocycles. The van der Waals surface area contributed by atoms with E-state index in [0.717, 1.165) is 24.0 Å². The summed E-state index contributed by atoms with van der Waals surface area (Å²) >= 11 is 0. The highest BCUT2D eigenvalue weighted by Gasteiger charge is 2.30. The fourth-order valence-corrected chi connectivity index (χ4v) is 4.24. The summed E-state index contributed by atoms with van der Waals surface area (Å²) < 4.78 is 81.7. The van der Waals surface area contributed by atoms with Gasteiger partial charge in [0.15, 0.2) is 9.84 Å². The summed E-state index contributed by atoms with van der Waals surface area (Å²) in [6.45, 7) is 1.73. The van der Waals surface area contributed by atoms with Crippen LogP contribution in [-0.4, -0.2) is 39.3 Å². The van der Waals surface area contributed by atoms with E-state index in [1.54, 1.807) is 30.3 Å². The van der Waals surface area contributed by atoms with Crippen LogP contribution in [0, 0.1) is 5.82 Å². The standard InChI is InChI=1S/C26H27F4NO3S/c1-35(32,33)25-8-3-7-24(18-25)34-16-4-14-31(15-13-20-9-11-23(27)12-10-20)19-21-5-2-6-22(17-21)26(28,29)30/h2-3,5-12,17-18H,4,13-16,19H2,1H3. The van der Waals surface area contributed by atoms with E-state index in [9.17, 15) is 26.0 Å². The summed E-state index contributed by atoms with van der Waals surface area (Å²) in [5, 5.41) is 0. The molecule has 0 N–H and O–H groups in total. The third-order valence-corrected chi connectivity index (χ3v) is 6.52. The van der Waals surface area contributed by atoms with Crippen molar-refractivity contribution in [2.75, 3.05) is 26.0 Å². The molecule has 0 bridgehead atoms. The maximum absolute atomic E-state index is 13.2. The van der Waals surface area contributed by atoms with Crippen LogP contribution in [0.4, 0.5) is 17.6 Å². The zero-order valence-electron chi connectivity index (χ0n) is 19.3. The first kappa shape index (κ1) is 26.7. The van der Waals surface area contributed by atoms with Crippen molar-refractivity contribution in [3.05, 3.63) is 95.3 Å². The van der Waals surface area contributed by atoms with Gasteiger partial charge in [0.2, 0.25) is 0 Å². The molecule has 0 unspecified atom stereocenters. The monoisotopic (exact) mass is 509 g/mol. The highest BCUT2D eigenvalue weighted by Crippen LogP contribution is 2.29. The molecule has 0 heterocycles. The van der Waals surface area contributed by atoms with Crippen LogP contribution in [0.15, 0.2) is 77.7 Å². The van der Waals surface area contributed by atoms with Crippen LogP contribution in [-0.2, 0) is 29.0 Å². The van der Waals surface area contributed by atoms with Crippen LogP contribution >= 0.6 is 0 Å². The second-order valence-electron chi connectivity index (χ2n) is 8.30. The second-order valence-corrected chi connectivity index (χ2v) is 10.3. The van der Waals surface area contributed by atoms with E-state index in [1.807, 2.05) is 4.90 Å². The van der Waals surface area contributed by atoms with Crippen molar-refractivity contribution in [1.82, 2.24) is 4.90 Å². The highest BCUT2D eigenvalue weighted by molar-refractivity contribution is 7.90. The minimum atomic E-state index is -4.41. The summed E-state index contributed by atoms with van der Waals surface area (Å²) in [7, 11) is -3.35. The SMILES string of the molecule is CS(=O)(=O)c1cccc(OCCCN(CCc2ccc(F)cc2)Cc2cccc(C(F)(F)F)c2)c1. The van der Waals surface area contributed by atoms with E-state index in [-0.39, 0.29) is 10.7 Å². The molecule has 0 aliphatic rings. The minimum absolute atomic E-state index is 0.167. The molecule has 35 heavy (non-hydrogen) atoms. The molecule has 188 valence electrons. The molecule has 0 aromatic heterocycles. The van der Waals surface area contributed by atoms with Gasteiger partial charge in [-0.15, -0.1) is 0 Å². The van der Waals surface area contributed by atoms with Crippen molar-refractivity contribution in [3.63, 3.8) is 0 Å². The molecule has 9 heteroatoms. The molecule has 0 atom stereocenters. The van der Waals surface area contributed by atoms with Crippen LogP contribution in [0.2, 0.25) is 0 Å². The maximum atomic E-state index is 13.2. The van der Waals surface area contributed by atoms with Gasteiger partial charge in [-0.1, -0.05) is 36.4 Å². The summed E-state index contributed by atoms with van der Waals surface area (Å²) in [6.07, 6.45) is -2.11. The van der Waals surface area contributed by atoms with Gasteiger partial charge in [0.25, 0.3) is 0 Å². The van der Waals surface area contributed by atoms with Crippen molar-refractivity contribution < 1.29 is 30.7 Å². The summed E-state index contributed by atoms with van der Waals surface area (Å²) in [4.78, 5) is 2.19. The Morgan fingerprint density at radius 3 is 2.29 bits per heavy atom. The quantitative estimate of drug-likeness (QED) is 0.244. The van der Waals surface area contributed by atoms with Crippen LogP contribution < -0.4 is 4.74 Å². The predicted molar refractivity (Wildman–Crippen MR) is 126 cm³/mol. The zero-order valence-corrected chi connectivity index (χ0v) is 20.1. The zero-order chi connectivity index (χ0) is 25.5. The van der Waals surface area contributed by atoms with Crippen molar-refractivity contribution >= 4 is 9.84 Å². The van der Waals surface area contributed by atoms with Gasteiger partial charge in [-0.3, -0.25) is 4.90 Å². The minimum Gasteiger partial charge on any atom is -0.494 e. The Kier molecular flexibility index (Phi) is 8.91. The summed E-state index contributed by atoms with van der Waals surface area (Å²) in [5.41, 5.74) is 0.776. The first-order valence-corrected chi connectivity index (χ1v) is 13.0. The number of ether oxygens (including phenoxy) is 1. The van der Waals surface area contributed by atoms with Crippen molar-refractivity contribution in [1.29, 1.82) is 0 Å². The summed E-state index contributed by atoms with van der Waals surface area (Å²) in [6, 6.07) is 17.6. The van der Waals surface area contributed by atoms with Gasteiger partial charge in [-0.05, 0) is 60.4 Å².